The molecule has 2 N–H and O–H groups in total. The first-order valence-electron chi connectivity index (χ1n) is 10.3. The Bertz CT molecular complexity index is 956. The highest BCUT2D eigenvalue weighted by Gasteiger charge is 2.08. The molecule has 3 rings (SSSR count). The van der Waals surface area contributed by atoms with Crippen LogP contribution >= 0.6 is 24.0 Å². The van der Waals surface area contributed by atoms with E-state index < -0.39 is 0 Å². The number of aryl methyl sites for hydroxylation is 1. The zero-order chi connectivity index (χ0) is 21.2. The van der Waals surface area contributed by atoms with Crippen molar-refractivity contribution in [2.45, 2.75) is 26.4 Å². The molecule has 168 valence electrons. The number of hydrogen-bond acceptors (Lipinski definition) is 4. The highest BCUT2D eigenvalue weighted by atomic mass is 127. The number of aliphatic imine (C=N–C) groups is 1. The summed E-state index contributed by atoms with van der Waals surface area (Å²) >= 11 is 0. The average Bonchev–Trinajstić information content (AvgIpc) is 3.11. The number of nitrogens with zero attached hydrogens (tertiary/aromatic N) is 3. The number of aromatic nitrogens is 2. The molecule has 0 amide bonds. The fraction of sp³-hybridized carbons (Fsp3) is 0.391. The molecule has 2 aromatic carbocycles. The van der Waals surface area contributed by atoms with E-state index in [0.29, 0.717) is 13.1 Å². The van der Waals surface area contributed by atoms with E-state index in [4.69, 9.17) is 19.5 Å². The number of rotatable bonds is 10. The van der Waals surface area contributed by atoms with E-state index in [1.54, 1.807) is 7.11 Å². The van der Waals surface area contributed by atoms with E-state index in [-0.39, 0.29) is 24.0 Å². The van der Waals surface area contributed by atoms with Gasteiger partial charge in [0.1, 0.15) is 11.6 Å². The fourth-order valence-corrected chi connectivity index (χ4v) is 3.12. The Hall–Kier alpha value is -2.33. The third kappa shape index (κ3) is 7.39. The van der Waals surface area contributed by atoms with Crippen LogP contribution in [0.15, 0.2) is 53.5 Å². The van der Waals surface area contributed by atoms with Gasteiger partial charge < -0.3 is 24.7 Å². The van der Waals surface area contributed by atoms with Crippen LogP contribution in [0.25, 0.3) is 11.0 Å². The Labute approximate surface area is 201 Å². The van der Waals surface area contributed by atoms with E-state index in [0.717, 1.165) is 60.3 Å². The summed E-state index contributed by atoms with van der Waals surface area (Å²) in [6.07, 6.45) is 0.920. The van der Waals surface area contributed by atoms with Crippen molar-refractivity contribution in [2.24, 2.45) is 12.0 Å². The summed E-state index contributed by atoms with van der Waals surface area (Å²) in [5.41, 5.74) is 3.24. The van der Waals surface area contributed by atoms with Crippen LogP contribution in [0.1, 0.15) is 24.7 Å². The van der Waals surface area contributed by atoms with E-state index in [9.17, 15) is 0 Å². The van der Waals surface area contributed by atoms with Gasteiger partial charge in [0, 0.05) is 26.8 Å². The molecule has 0 saturated carbocycles. The molecule has 0 atom stereocenters. The molecule has 0 aliphatic rings. The highest BCUT2D eigenvalue weighted by Crippen LogP contribution is 2.14. The van der Waals surface area contributed by atoms with Crippen molar-refractivity contribution >= 4 is 41.0 Å². The van der Waals surface area contributed by atoms with Gasteiger partial charge in [-0.3, -0.25) is 0 Å². The maximum absolute atomic E-state index is 5.42. The van der Waals surface area contributed by atoms with E-state index in [1.807, 2.05) is 56.4 Å². The van der Waals surface area contributed by atoms with E-state index >= 15 is 0 Å². The van der Waals surface area contributed by atoms with Crippen LogP contribution in [0.2, 0.25) is 0 Å². The number of halogens is 1. The lowest BCUT2D eigenvalue weighted by Crippen LogP contribution is -2.38. The minimum atomic E-state index is 0. The summed E-state index contributed by atoms with van der Waals surface area (Å²) in [5.74, 6) is 2.57. The number of hydrogen-bond donors (Lipinski definition) is 2. The third-order valence-electron chi connectivity index (χ3n) is 4.83. The number of benzene rings is 2. The van der Waals surface area contributed by atoms with Crippen molar-refractivity contribution in [3.8, 4) is 5.75 Å². The Balaban J connectivity index is 0.00000341. The molecule has 0 radical (unpaired) electrons. The summed E-state index contributed by atoms with van der Waals surface area (Å²) < 4.78 is 12.8. The van der Waals surface area contributed by atoms with Crippen LogP contribution in [-0.4, -0.2) is 42.4 Å². The van der Waals surface area contributed by atoms with Crippen LogP contribution in [-0.2, 0) is 24.9 Å². The second kappa shape index (κ2) is 13.2. The predicted molar refractivity (Wildman–Crippen MR) is 136 cm³/mol. The zero-order valence-corrected chi connectivity index (χ0v) is 20.8. The van der Waals surface area contributed by atoms with Crippen molar-refractivity contribution in [1.29, 1.82) is 0 Å². The van der Waals surface area contributed by atoms with E-state index in [1.165, 1.54) is 0 Å². The van der Waals surface area contributed by atoms with Gasteiger partial charge in [0.15, 0.2) is 5.96 Å². The molecule has 8 heteroatoms. The van der Waals surface area contributed by atoms with Gasteiger partial charge in [0.05, 0.1) is 31.2 Å². The molecule has 1 heterocycles. The zero-order valence-electron chi connectivity index (χ0n) is 18.4. The van der Waals surface area contributed by atoms with Crippen molar-refractivity contribution in [3.63, 3.8) is 0 Å². The molecule has 0 unspecified atom stereocenters. The second-order valence-electron chi connectivity index (χ2n) is 6.92. The minimum absolute atomic E-state index is 0. The Morgan fingerprint density at radius 1 is 1.10 bits per heavy atom. The number of fused-ring (bicyclic) bond motifs is 1. The molecular weight excluding hydrogens is 505 g/mol. The van der Waals surface area contributed by atoms with Gasteiger partial charge in [0.25, 0.3) is 0 Å². The number of methoxy groups -OCH3 is 1. The van der Waals surface area contributed by atoms with Gasteiger partial charge in [-0.2, -0.15) is 0 Å². The summed E-state index contributed by atoms with van der Waals surface area (Å²) in [6, 6.07) is 16.1. The van der Waals surface area contributed by atoms with Crippen LogP contribution < -0.4 is 15.4 Å². The number of imidazole rings is 1. The lowest BCUT2D eigenvalue weighted by atomic mass is 10.2. The summed E-state index contributed by atoms with van der Waals surface area (Å²) in [5, 5.41) is 6.80. The third-order valence-corrected chi connectivity index (χ3v) is 4.83. The molecule has 1 aromatic heterocycles. The molecule has 3 aromatic rings. The standard InChI is InChI=1S/C23H31N5O2.HI/c1-4-30-15-7-14-24-23(25-16-18-10-12-19(29-3)13-11-18)26-17-22-27-20-8-5-6-9-21(20)28(22)2;/h5-6,8-13H,4,7,14-17H2,1-3H3,(H2,24,25,26);1H. The average molecular weight is 537 g/mol. The smallest absolute Gasteiger partial charge is 0.191 e. The van der Waals surface area contributed by atoms with Gasteiger partial charge >= 0.3 is 0 Å². The number of para-hydroxylation sites is 2. The summed E-state index contributed by atoms with van der Waals surface area (Å²) in [6.45, 7) is 5.44. The molecular formula is C23H32IN5O2. The van der Waals surface area contributed by atoms with Crippen molar-refractivity contribution < 1.29 is 9.47 Å². The first-order chi connectivity index (χ1) is 14.7. The first-order valence-corrected chi connectivity index (χ1v) is 10.3. The fourth-order valence-electron chi connectivity index (χ4n) is 3.12. The molecule has 0 aliphatic heterocycles. The molecule has 7 nitrogen and oxygen atoms in total. The predicted octanol–water partition coefficient (Wildman–Crippen LogP) is 3.86. The van der Waals surface area contributed by atoms with Crippen molar-refractivity contribution in [1.82, 2.24) is 20.2 Å². The van der Waals surface area contributed by atoms with Crippen LogP contribution in [0.3, 0.4) is 0 Å². The number of ether oxygens (including phenoxy) is 2. The molecule has 0 fully saturated rings. The van der Waals surface area contributed by atoms with Gasteiger partial charge in [-0.25, -0.2) is 9.98 Å². The van der Waals surface area contributed by atoms with Crippen LogP contribution in [0, 0.1) is 0 Å². The van der Waals surface area contributed by atoms with Gasteiger partial charge in [0.2, 0.25) is 0 Å². The summed E-state index contributed by atoms with van der Waals surface area (Å²) in [7, 11) is 3.71. The lowest BCUT2D eigenvalue weighted by molar-refractivity contribution is 0.145. The quantitative estimate of drug-likeness (QED) is 0.178. The van der Waals surface area contributed by atoms with Crippen molar-refractivity contribution in [3.05, 3.63) is 59.9 Å². The maximum atomic E-state index is 5.42. The Morgan fingerprint density at radius 3 is 2.58 bits per heavy atom. The molecule has 31 heavy (non-hydrogen) atoms. The lowest BCUT2D eigenvalue weighted by Gasteiger charge is -2.13. The van der Waals surface area contributed by atoms with Crippen LogP contribution in [0.5, 0.6) is 5.75 Å². The van der Waals surface area contributed by atoms with E-state index in [2.05, 4.69) is 21.3 Å². The number of nitrogens with one attached hydrogen (secondary N) is 2. The Kier molecular flexibility index (Phi) is 10.6. The Morgan fingerprint density at radius 2 is 1.87 bits per heavy atom. The van der Waals surface area contributed by atoms with Gasteiger partial charge in [-0.1, -0.05) is 24.3 Å². The van der Waals surface area contributed by atoms with Gasteiger partial charge in [-0.15, -0.1) is 24.0 Å². The highest BCUT2D eigenvalue weighted by molar-refractivity contribution is 14.0. The van der Waals surface area contributed by atoms with Crippen LogP contribution in [0.4, 0.5) is 0 Å². The van der Waals surface area contributed by atoms with Crippen molar-refractivity contribution in [2.75, 3.05) is 26.9 Å². The maximum Gasteiger partial charge on any atom is 0.191 e. The minimum Gasteiger partial charge on any atom is -0.497 e. The number of guanidine groups is 1. The molecule has 0 bridgehead atoms. The molecule has 0 spiro atoms. The molecule has 0 aliphatic carbocycles. The monoisotopic (exact) mass is 537 g/mol. The summed E-state index contributed by atoms with van der Waals surface area (Å²) in [4.78, 5) is 9.47. The first kappa shape index (κ1) is 24.9. The SMILES string of the molecule is CCOCCCNC(=NCc1ccc(OC)cc1)NCc1nc2ccccc2n1C.I. The molecule has 0 saturated heterocycles. The van der Waals surface area contributed by atoms with Gasteiger partial charge in [-0.05, 0) is 43.2 Å². The normalized spacial score (nSPS) is 11.3. The topological polar surface area (TPSA) is 72.7 Å². The second-order valence-corrected chi connectivity index (χ2v) is 6.92. The largest absolute Gasteiger partial charge is 0.497 e.